The van der Waals surface area contributed by atoms with Gasteiger partial charge in [-0.15, -0.1) is 5.10 Å². The Balaban J connectivity index is 1.66. The van der Waals surface area contributed by atoms with E-state index in [4.69, 9.17) is 4.74 Å². The SMILES string of the molecule is FC(F)(F)[C@H]1CN(Cc2nnnn2Cc2ccccc2)CCO1. The molecule has 2 heterocycles. The van der Waals surface area contributed by atoms with Gasteiger partial charge >= 0.3 is 6.18 Å². The molecule has 23 heavy (non-hydrogen) atoms. The molecule has 3 rings (SSSR count). The van der Waals surface area contributed by atoms with Crippen molar-refractivity contribution in [3.63, 3.8) is 0 Å². The number of morpholine rings is 1. The highest BCUT2D eigenvalue weighted by Crippen LogP contribution is 2.26. The van der Waals surface area contributed by atoms with E-state index in [9.17, 15) is 13.2 Å². The van der Waals surface area contributed by atoms with E-state index in [2.05, 4.69) is 15.5 Å². The van der Waals surface area contributed by atoms with Gasteiger partial charge in [0.2, 0.25) is 0 Å². The predicted octanol–water partition coefficient (Wildman–Crippen LogP) is 1.48. The second kappa shape index (κ2) is 6.63. The summed E-state index contributed by atoms with van der Waals surface area (Å²) in [7, 11) is 0. The molecule has 2 aromatic rings. The van der Waals surface area contributed by atoms with Crippen molar-refractivity contribution in [2.45, 2.75) is 25.4 Å². The summed E-state index contributed by atoms with van der Waals surface area (Å²) < 4.78 is 44.7. The molecule has 0 aliphatic carbocycles. The maximum absolute atomic E-state index is 12.8. The van der Waals surface area contributed by atoms with Gasteiger partial charge in [0, 0.05) is 13.1 Å². The zero-order valence-corrected chi connectivity index (χ0v) is 12.3. The Morgan fingerprint density at radius 1 is 1.17 bits per heavy atom. The van der Waals surface area contributed by atoms with Crippen molar-refractivity contribution in [2.24, 2.45) is 0 Å². The fourth-order valence-electron chi connectivity index (χ4n) is 2.46. The number of ether oxygens (including phenoxy) is 1. The summed E-state index contributed by atoms with van der Waals surface area (Å²) in [5, 5.41) is 11.5. The predicted molar refractivity (Wildman–Crippen MR) is 74.4 cm³/mol. The van der Waals surface area contributed by atoms with Gasteiger partial charge in [0.25, 0.3) is 0 Å². The molecule has 0 spiro atoms. The van der Waals surface area contributed by atoms with Crippen molar-refractivity contribution in [3.8, 4) is 0 Å². The number of nitrogens with zero attached hydrogens (tertiary/aromatic N) is 5. The second-order valence-electron chi connectivity index (χ2n) is 5.37. The Morgan fingerprint density at radius 3 is 2.70 bits per heavy atom. The topological polar surface area (TPSA) is 56.1 Å². The quantitative estimate of drug-likeness (QED) is 0.851. The van der Waals surface area contributed by atoms with E-state index in [-0.39, 0.29) is 19.7 Å². The van der Waals surface area contributed by atoms with Crippen molar-refractivity contribution in [3.05, 3.63) is 41.7 Å². The zero-order chi connectivity index (χ0) is 16.3. The van der Waals surface area contributed by atoms with Crippen LogP contribution in [-0.2, 0) is 17.8 Å². The van der Waals surface area contributed by atoms with E-state index in [1.807, 2.05) is 30.3 Å². The first-order chi connectivity index (χ1) is 11.0. The van der Waals surface area contributed by atoms with Crippen molar-refractivity contribution >= 4 is 0 Å². The van der Waals surface area contributed by atoms with Crippen molar-refractivity contribution in [1.29, 1.82) is 0 Å². The van der Waals surface area contributed by atoms with Gasteiger partial charge in [-0.2, -0.15) is 13.2 Å². The van der Waals surface area contributed by atoms with Crippen LogP contribution in [0.25, 0.3) is 0 Å². The maximum Gasteiger partial charge on any atom is 0.415 e. The summed E-state index contributed by atoms with van der Waals surface area (Å²) in [6.45, 7) is 1.00. The third kappa shape index (κ3) is 4.05. The molecule has 124 valence electrons. The number of benzene rings is 1. The fraction of sp³-hybridized carbons (Fsp3) is 0.500. The van der Waals surface area contributed by atoms with E-state index in [0.717, 1.165) is 5.56 Å². The normalized spacial score (nSPS) is 19.9. The van der Waals surface area contributed by atoms with Gasteiger partial charge in [0.05, 0.1) is 19.7 Å². The highest BCUT2D eigenvalue weighted by molar-refractivity contribution is 5.14. The second-order valence-corrected chi connectivity index (χ2v) is 5.37. The largest absolute Gasteiger partial charge is 0.415 e. The summed E-state index contributed by atoms with van der Waals surface area (Å²) in [6.07, 6.45) is -6.11. The molecule has 1 aliphatic rings. The molecule has 9 heteroatoms. The van der Waals surface area contributed by atoms with Crippen LogP contribution in [0.4, 0.5) is 13.2 Å². The molecule has 6 nitrogen and oxygen atoms in total. The van der Waals surface area contributed by atoms with E-state index >= 15 is 0 Å². The Bertz CT molecular complexity index is 631. The van der Waals surface area contributed by atoms with Crippen LogP contribution in [0.5, 0.6) is 0 Å². The van der Waals surface area contributed by atoms with Crippen molar-refractivity contribution in [2.75, 3.05) is 19.7 Å². The first-order valence-electron chi connectivity index (χ1n) is 7.22. The molecule has 0 unspecified atom stereocenters. The first kappa shape index (κ1) is 15.9. The average Bonchev–Trinajstić information content (AvgIpc) is 2.95. The molecule has 0 radical (unpaired) electrons. The summed E-state index contributed by atoms with van der Waals surface area (Å²) in [5.74, 6) is 0.539. The van der Waals surface area contributed by atoms with Crippen molar-refractivity contribution in [1.82, 2.24) is 25.1 Å². The minimum Gasteiger partial charge on any atom is -0.366 e. The third-order valence-electron chi connectivity index (χ3n) is 3.66. The lowest BCUT2D eigenvalue weighted by molar-refractivity contribution is -0.237. The van der Waals surface area contributed by atoms with Gasteiger partial charge in [-0.3, -0.25) is 4.90 Å². The number of hydrogen-bond donors (Lipinski definition) is 0. The number of hydrogen-bond acceptors (Lipinski definition) is 5. The third-order valence-corrected chi connectivity index (χ3v) is 3.66. The molecular weight excluding hydrogens is 311 g/mol. The van der Waals surface area contributed by atoms with E-state index < -0.39 is 12.3 Å². The molecule has 1 aliphatic heterocycles. The Labute approximate surface area is 130 Å². The van der Waals surface area contributed by atoms with Gasteiger partial charge in [0.15, 0.2) is 11.9 Å². The molecular formula is C14H16F3N5O. The van der Waals surface area contributed by atoms with E-state index in [1.165, 1.54) is 0 Å². The molecule has 1 atom stereocenters. The number of tetrazole rings is 1. The molecule has 0 N–H and O–H groups in total. The van der Waals surface area contributed by atoms with Crippen LogP contribution in [-0.4, -0.2) is 57.1 Å². The standard InChI is InChI=1S/C14H16F3N5O/c15-14(16,17)12-9-21(6-7-23-12)10-13-18-19-20-22(13)8-11-4-2-1-3-5-11/h1-5,12H,6-10H2/t12-/m1/s1. The summed E-state index contributed by atoms with van der Waals surface area (Å²) in [4.78, 5) is 1.66. The Kier molecular flexibility index (Phi) is 4.58. The first-order valence-corrected chi connectivity index (χ1v) is 7.22. The van der Waals surface area contributed by atoms with Crippen LogP contribution in [0, 0.1) is 0 Å². The number of halogens is 3. The van der Waals surface area contributed by atoms with E-state index in [0.29, 0.717) is 18.9 Å². The lowest BCUT2D eigenvalue weighted by Gasteiger charge is -2.33. The van der Waals surface area contributed by atoms with Crippen LogP contribution in [0.1, 0.15) is 11.4 Å². The molecule has 0 bridgehead atoms. The molecule has 1 aromatic heterocycles. The van der Waals surface area contributed by atoms with E-state index in [1.54, 1.807) is 9.58 Å². The maximum atomic E-state index is 12.8. The smallest absolute Gasteiger partial charge is 0.366 e. The average molecular weight is 327 g/mol. The fourth-order valence-corrected chi connectivity index (χ4v) is 2.46. The molecule has 1 fully saturated rings. The molecule has 0 saturated carbocycles. The molecule has 1 aromatic carbocycles. The van der Waals surface area contributed by atoms with Crippen LogP contribution in [0.15, 0.2) is 30.3 Å². The summed E-state index contributed by atoms with van der Waals surface area (Å²) in [6, 6.07) is 9.62. The van der Waals surface area contributed by atoms with Gasteiger partial charge < -0.3 is 4.74 Å². The van der Waals surface area contributed by atoms with Crippen LogP contribution in [0.3, 0.4) is 0 Å². The lowest BCUT2D eigenvalue weighted by Crippen LogP contribution is -2.48. The zero-order valence-electron chi connectivity index (χ0n) is 12.3. The minimum absolute atomic E-state index is 0.0461. The van der Waals surface area contributed by atoms with Gasteiger partial charge in [-0.1, -0.05) is 30.3 Å². The number of aromatic nitrogens is 4. The lowest BCUT2D eigenvalue weighted by atomic mass is 10.2. The van der Waals surface area contributed by atoms with Gasteiger partial charge in [-0.25, -0.2) is 4.68 Å². The van der Waals surface area contributed by atoms with Crippen LogP contribution >= 0.6 is 0 Å². The Hall–Kier alpha value is -2.00. The summed E-state index contributed by atoms with van der Waals surface area (Å²) >= 11 is 0. The number of alkyl halides is 3. The van der Waals surface area contributed by atoms with Crippen molar-refractivity contribution < 1.29 is 17.9 Å². The minimum atomic E-state index is -4.35. The Morgan fingerprint density at radius 2 is 1.96 bits per heavy atom. The van der Waals surface area contributed by atoms with Gasteiger partial charge in [0.1, 0.15) is 0 Å². The monoisotopic (exact) mass is 327 g/mol. The summed E-state index contributed by atoms with van der Waals surface area (Å²) in [5.41, 5.74) is 1.02. The highest BCUT2D eigenvalue weighted by atomic mass is 19.4. The van der Waals surface area contributed by atoms with Gasteiger partial charge in [-0.05, 0) is 16.0 Å². The van der Waals surface area contributed by atoms with Crippen LogP contribution in [0.2, 0.25) is 0 Å². The molecule has 1 saturated heterocycles. The van der Waals surface area contributed by atoms with Crippen LogP contribution < -0.4 is 0 Å². The highest BCUT2D eigenvalue weighted by Gasteiger charge is 2.43. The number of rotatable bonds is 4. The molecule has 0 amide bonds.